The van der Waals surface area contributed by atoms with Gasteiger partial charge in [0.25, 0.3) is 0 Å². The number of hydrogen-bond acceptors (Lipinski definition) is 1. The third kappa shape index (κ3) is 3.06. The van der Waals surface area contributed by atoms with Crippen LogP contribution in [0.2, 0.25) is 10.0 Å². The van der Waals surface area contributed by atoms with Crippen LogP contribution in [0.5, 0.6) is 0 Å². The zero-order chi connectivity index (χ0) is 14.8. The van der Waals surface area contributed by atoms with E-state index in [1.54, 1.807) is 12.1 Å². The van der Waals surface area contributed by atoms with E-state index in [4.69, 9.17) is 28.9 Å². The van der Waals surface area contributed by atoms with Gasteiger partial charge in [0, 0.05) is 16.1 Å². The van der Waals surface area contributed by atoms with E-state index in [1.807, 2.05) is 18.2 Å². The minimum absolute atomic E-state index is 0.179. The van der Waals surface area contributed by atoms with Gasteiger partial charge in [0.15, 0.2) is 0 Å². The minimum atomic E-state index is -0.179. The minimum Gasteiger partial charge on any atom is -0.324 e. The molecule has 0 saturated carbocycles. The van der Waals surface area contributed by atoms with Crippen LogP contribution in [0.1, 0.15) is 17.2 Å². The highest BCUT2D eigenvalue weighted by molar-refractivity contribution is 6.33. The van der Waals surface area contributed by atoms with Gasteiger partial charge in [-0.2, -0.15) is 0 Å². The van der Waals surface area contributed by atoms with E-state index >= 15 is 0 Å². The van der Waals surface area contributed by atoms with E-state index in [-0.39, 0.29) is 6.04 Å². The zero-order valence-electron chi connectivity index (χ0n) is 11.4. The van der Waals surface area contributed by atoms with Crippen LogP contribution in [0.4, 0.5) is 0 Å². The molecule has 1 nitrogen and oxygen atoms in total. The number of halogens is 2. The molecule has 0 fully saturated rings. The summed E-state index contributed by atoms with van der Waals surface area (Å²) in [6.45, 7) is 0. The maximum atomic E-state index is 6.34. The Morgan fingerprint density at radius 3 is 2.52 bits per heavy atom. The molecule has 3 heteroatoms. The molecule has 0 bridgehead atoms. The Hall–Kier alpha value is -1.54. The smallest absolute Gasteiger partial charge is 0.0454 e. The van der Waals surface area contributed by atoms with Crippen LogP contribution in [-0.4, -0.2) is 0 Å². The number of nitrogens with two attached hydrogens (primary N) is 1. The summed E-state index contributed by atoms with van der Waals surface area (Å²) in [4.78, 5) is 0. The Morgan fingerprint density at radius 2 is 1.67 bits per heavy atom. The van der Waals surface area contributed by atoms with Gasteiger partial charge in [-0.05, 0) is 46.5 Å². The van der Waals surface area contributed by atoms with Gasteiger partial charge in [0.05, 0.1) is 0 Å². The molecule has 3 rings (SSSR count). The van der Waals surface area contributed by atoms with Crippen LogP contribution < -0.4 is 5.73 Å². The van der Waals surface area contributed by atoms with Gasteiger partial charge in [-0.3, -0.25) is 0 Å². The first-order valence-electron chi connectivity index (χ1n) is 6.82. The summed E-state index contributed by atoms with van der Waals surface area (Å²) in [5.74, 6) is 0. The van der Waals surface area contributed by atoms with Crippen LogP contribution in [0.25, 0.3) is 10.8 Å². The second-order valence-electron chi connectivity index (χ2n) is 5.11. The van der Waals surface area contributed by atoms with Crippen molar-refractivity contribution in [3.8, 4) is 0 Å². The molecule has 0 amide bonds. The van der Waals surface area contributed by atoms with Crippen LogP contribution in [0.3, 0.4) is 0 Å². The first-order valence-corrected chi connectivity index (χ1v) is 7.58. The predicted octanol–water partition coefficient (Wildman–Crippen LogP) is 5.39. The summed E-state index contributed by atoms with van der Waals surface area (Å²) in [5, 5.41) is 3.77. The fraction of sp³-hybridized carbons (Fsp3) is 0.111. The van der Waals surface area contributed by atoms with Crippen LogP contribution in [0.15, 0.2) is 60.7 Å². The maximum absolute atomic E-state index is 6.34. The molecule has 0 aliphatic carbocycles. The number of benzene rings is 3. The van der Waals surface area contributed by atoms with E-state index in [9.17, 15) is 0 Å². The average Bonchev–Trinajstić information content (AvgIpc) is 2.50. The molecule has 2 N–H and O–H groups in total. The van der Waals surface area contributed by atoms with Gasteiger partial charge >= 0.3 is 0 Å². The first kappa shape index (κ1) is 14.4. The summed E-state index contributed by atoms with van der Waals surface area (Å²) in [5.41, 5.74) is 8.45. The van der Waals surface area contributed by atoms with Crippen LogP contribution >= 0.6 is 23.2 Å². The van der Waals surface area contributed by atoms with Crippen molar-refractivity contribution in [2.24, 2.45) is 5.73 Å². The lowest BCUT2D eigenvalue weighted by atomic mass is 9.95. The second-order valence-corrected chi connectivity index (χ2v) is 5.96. The van der Waals surface area contributed by atoms with Crippen molar-refractivity contribution in [1.29, 1.82) is 0 Å². The Morgan fingerprint density at radius 1 is 0.905 bits per heavy atom. The van der Waals surface area contributed by atoms with E-state index in [2.05, 4.69) is 30.3 Å². The molecule has 0 saturated heterocycles. The topological polar surface area (TPSA) is 26.0 Å². The highest BCUT2D eigenvalue weighted by Crippen LogP contribution is 2.29. The SMILES string of the molecule is NC(Cc1cccc2ccccc12)c1cc(Cl)ccc1Cl. The molecular formula is C18H15Cl2N. The lowest BCUT2D eigenvalue weighted by molar-refractivity contribution is 0.726. The molecule has 0 heterocycles. The highest BCUT2D eigenvalue weighted by Gasteiger charge is 2.13. The standard InChI is InChI=1S/C18H15Cl2N/c19-14-8-9-17(20)16(11-14)18(21)10-13-6-3-5-12-4-1-2-7-15(12)13/h1-9,11,18H,10,21H2. The van der Waals surface area contributed by atoms with Gasteiger partial charge < -0.3 is 5.73 Å². The monoisotopic (exact) mass is 315 g/mol. The van der Waals surface area contributed by atoms with Crippen LogP contribution in [0, 0.1) is 0 Å². The third-order valence-electron chi connectivity index (χ3n) is 3.68. The predicted molar refractivity (Wildman–Crippen MR) is 91.0 cm³/mol. The van der Waals surface area contributed by atoms with Crippen molar-refractivity contribution in [3.05, 3.63) is 81.8 Å². The summed E-state index contributed by atoms with van der Waals surface area (Å²) in [7, 11) is 0. The molecule has 0 spiro atoms. The molecule has 0 aliphatic heterocycles. The molecule has 21 heavy (non-hydrogen) atoms. The summed E-state index contributed by atoms with van der Waals surface area (Å²) in [6, 6.07) is 19.8. The molecule has 1 unspecified atom stereocenters. The van der Waals surface area contributed by atoms with Crippen LogP contribution in [-0.2, 0) is 6.42 Å². The normalized spacial score (nSPS) is 12.5. The van der Waals surface area contributed by atoms with E-state index < -0.39 is 0 Å². The van der Waals surface area contributed by atoms with Gasteiger partial charge in [0.2, 0.25) is 0 Å². The summed E-state index contributed by atoms with van der Waals surface area (Å²) < 4.78 is 0. The Kier molecular flexibility index (Phi) is 4.16. The molecule has 106 valence electrons. The molecule has 0 aromatic heterocycles. The lowest BCUT2D eigenvalue weighted by Crippen LogP contribution is -2.14. The molecule has 3 aromatic rings. The molecule has 0 aliphatic rings. The fourth-order valence-corrected chi connectivity index (χ4v) is 3.05. The largest absolute Gasteiger partial charge is 0.324 e. The molecule has 3 aromatic carbocycles. The molecule has 0 radical (unpaired) electrons. The maximum Gasteiger partial charge on any atom is 0.0454 e. The van der Waals surface area contributed by atoms with Crippen molar-refractivity contribution in [2.75, 3.05) is 0 Å². The van der Waals surface area contributed by atoms with Crippen molar-refractivity contribution >= 4 is 34.0 Å². The van der Waals surface area contributed by atoms with Gasteiger partial charge in [-0.25, -0.2) is 0 Å². The van der Waals surface area contributed by atoms with E-state index in [0.29, 0.717) is 10.0 Å². The fourth-order valence-electron chi connectivity index (χ4n) is 2.62. The average molecular weight is 316 g/mol. The molecule has 1 atom stereocenters. The van der Waals surface area contributed by atoms with Crippen molar-refractivity contribution in [2.45, 2.75) is 12.5 Å². The number of fused-ring (bicyclic) bond motifs is 1. The Balaban J connectivity index is 1.96. The first-order chi connectivity index (χ1) is 10.1. The van der Waals surface area contributed by atoms with Gasteiger partial charge in [-0.1, -0.05) is 65.7 Å². The van der Waals surface area contributed by atoms with Gasteiger partial charge in [-0.15, -0.1) is 0 Å². The second kappa shape index (κ2) is 6.07. The third-order valence-corrected chi connectivity index (χ3v) is 4.26. The van der Waals surface area contributed by atoms with E-state index in [1.165, 1.54) is 16.3 Å². The number of rotatable bonds is 3. The quantitative estimate of drug-likeness (QED) is 0.689. The summed E-state index contributed by atoms with van der Waals surface area (Å²) in [6.07, 6.45) is 0.724. The Labute approximate surface area is 134 Å². The van der Waals surface area contributed by atoms with Crippen molar-refractivity contribution in [3.63, 3.8) is 0 Å². The molecular weight excluding hydrogens is 301 g/mol. The highest BCUT2D eigenvalue weighted by atomic mass is 35.5. The van der Waals surface area contributed by atoms with Gasteiger partial charge in [0.1, 0.15) is 0 Å². The van der Waals surface area contributed by atoms with Crippen molar-refractivity contribution < 1.29 is 0 Å². The zero-order valence-corrected chi connectivity index (χ0v) is 12.9. The lowest BCUT2D eigenvalue weighted by Gasteiger charge is -2.15. The number of hydrogen-bond donors (Lipinski definition) is 1. The summed E-state index contributed by atoms with van der Waals surface area (Å²) >= 11 is 12.3. The van der Waals surface area contributed by atoms with E-state index in [0.717, 1.165) is 12.0 Å². The van der Waals surface area contributed by atoms with Crippen molar-refractivity contribution in [1.82, 2.24) is 0 Å². The Bertz CT molecular complexity index is 778.